The van der Waals surface area contributed by atoms with E-state index in [0.29, 0.717) is 10.3 Å². The highest BCUT2D eigenvalue weighted by molar-refractivity contribution is 7.90. The van der Waals surface area contributed by atoms with Gasteiger partial charge in [0, 0.05) is 12.5 Å². The predicted octanol–water partition coefficient (Wildman–Crippen LogP) is 4.75. The van der Waals surface area contributed by atoms with Crippen LogP contribution in [0.4, 0.5) is 0 Å². The van der Waals surface area contributed by atoms with Crippen LogP contribution in [0.2, 0.25) is 0 Å². The fourth-order valence-corrected chi connectivity index (χ4v) is 5.10. The first-order chi connectivity index (χ1) is 12.0. The van der Waals surface area contributed by atoms with Crippen molar-refractivity contribution < 1.29 is 8.42 Å². The van der Waals surface area contributed by atoms with E-state index in [1.807, 2.05) is 30.5 Å². The third-order valence-electron chi connectivity index (χ3n) is 5.74. The Hall–Kier alpha value is -1.94. The molecule has 4 rings (SSSR count). The molecule has 0 amide bonds. The molecule has 1 saturated carbocycles. The Morgan fingerprint density at radius 2 is 1.60 bits per heavy atom. The molecule has 4 heteroatoms. The maximum Gasteiger partial charge on any atom is 0.175 e. The second-order valence-electron chi connectivity index (χ2n) is 7.53. The second-order valence-corrected chi connectivity index (χ2v) is 9.55. The molecule has 1 fully saturated rings. The maximum atomic E-state index is 11.7. The number of nitrogens with zero attached hydrogens (tertiary/aromatic N) is 1. The fraction of sp³-hybridized carbons (Fsp3) is 0.381. The Morgan fingerprint density at radius 3 is 2.20 bits per heavy atom. The van der Waals surface area contributed by atoms with E-state index < -0.39 is 9.84 Å². The summed E-state index contributed by atoms with van der Waals surface area (Å²) in [5, 5.41) is 0. The van der Waals surface area contributed by atoms with Crippen LogP contribution >= 0.6 is 0 Å². The van der Waals surface area contributed by atoms with Gasteiger partial charge in [-0.25, -0.2) is 8.42 Å². The number of hydrogen-bond donors (Lipinski definition) is 0. The molecule has 1 aromatic carbocycles. The average Bonchev–Trinajstić information content (AvgIpc) is 3.23. The van der Waals surface area contributed by atoms with Gasteiger partial charge >= 0.3 is 0 Å². The lowest BCUT2D eigenvalue weighted by Gasteiger charge is -2.23. The Labute approximate surface area is 149 Å². The number of benzene rings is 1. The van der Waals surface area contributed by atoms with Crippen molar-refractivity contribution in [2.24, 2.45) is 5.41 Å². The Kier molecular flexibility index (Phi) is 4.03. The summed E-state index contributed by atoms with van der Waals surface area (Å²) in [6.45, 7) is 0. The van der Waals surface area contributed by atoms with Crippen LogP contribution in [-0.4, -0.2) is 19.7 Å². The summed E-state index contributed by atoms with van der Waals surface area (Å²) in [5.41, 5.74) is 5.28. The molecular formula is C21H23NO2S. The Morgan fingerprint density at radius 1 is 0.920 bits per heavy atom. The normalized spacial score (nSPS) is 19.7. The first kappa shape index (κ1) is 16.5. The monoisotopic (exact) mass is 353 g/mol. The lowest BCUT2D eigenvalue weighted by molar-refractivity contribution is 0.329. The summed E-state index contributed by atoms with van der Waals surface area (Å²) in [7, 11) is -3.16. The smallest absolute Gasteiger partial charge is 0.175 e. The van der Waals surface area contributed by atoms with E-state index >= 15 is 0 Å². The van der Waals surface area contributed by atoms with Crippen LogP contribution < -0.4 is 0 Å². The third kappa shape index (κ3) is 3.15. The fourth-order valence-electron chi connectivity index (χ4n) is 4.47. The summed E-state index contributed by atoms with van der Waals surface area (Å²) in [6, 6.07) is 13.5. The molecule has 0 aliphatic heterocycles. The van der Waals surface area contributed by atoms with Crippen molar-refractivity contribution in [1.82, 2.24) is 4.98 Å². The van der Waals surface area contributed by atoms with Crippen molar-refractivity contribution in [2.45, 2.75) is 43.4 Å². The van der Waals surface area contributed by atoms with Gasteiger partial charge in [0.15, 0.2) is 9.84 Å². The first-order valence-corrected chi connectivity index (χ1v) is 10.8. The number of sulfone groups is 1. The predicted molar refractivity (Wildman–Crippen MR) is 101 cm³/mol. The topological polar surface area (TPSA) is 47.0 Å². The molecule has 2 aromatic rings. The zero-order chi connectivity index (χ0) is 17.5. The van der Waals surface area contributed by atoms with E-state index in [1.54, 1.807) is 12.1 Å². The molecule has 3 nitrogen and oxygen atoms in total. The van der Waals surface area contributed by atoms with Crippen molar-refractivity contribution in [3.63, 3.8) is 0 Å². The zero-order valence-corrected chi connectivity index (χ0v) is 15.3. The molecule has 1 spiro atoms. The van der Waals surface area contributed by atoms with Gasteiger partial charge in [-0.05, 0) is 72.1 Å². The molecule has 1 heterocycles. The van der Waals surface area contributed by atoms with E-state index in [9.17, 15) is 8.42 Å². The summed E-state index contributed by atoms with van der Waals surface area (Å²) in [5.74, 6) is 0. The standard InChI is InChI=1S/C21H23NO2S/c1-25(23,24)17-9-7-16(8-10-17)18-14-21(11-3-4-12-21)15-19(18)20-6-2-5-13-22-20/h2,5-10,13H,3-4,11-12,14-15H2,1H3. The second kappa shape index (κ2) is 6.10. The van der Waals surface area contributed by atoms with Crippen molar-refractivity contribution >= 4 is 21.0 Å². The zero-order valence-electron chi connectivity index (χ0n) is 14.5. The van der Waals surface area contributed by atoms with E-state index in [2.05, 4.69) is 11.1 Å². The highest BCUT2D eigenvalue weighted by atomic mass is 32.2. The van der Waals surface area contributed by atoms with Crippen LogP contribution in [0.25, 0.3) is 11.1 Å². The summed E-state index contributed by atoms with van der Waals surface area (Å²) < 4.78 is 23.5. The molecule has 130 valence electrons. The van der Waals surface area contributed by atoms with Crippen LogP contribution in [0.1, 0.15) is 49.8 Å². The van der Waals surface area contributed by atoms with E-state index in [4.69, 9.17) is 0 Å². The molecule has 2 aliphatic carbocycles. The summed E-state index contributed by atoms with van der Waals surface area (Å²) in [4.78, 5) is 4.97. The number of rotatable bonds is 3. The van der Waals surface area contributed by atoms with Crippen molar-refractivity contribution in [3.05, 3.63) is 59.9 Å². The average molecular weight is 353 g/mol. The lowest BCUT2D eigenvalue weighted by Crippen LogP contribution is -2.11. The molecule has 0 saturated heterocycles. The van der Waals surface area contributed by atoms with Crippen LogP contribution in [0.15, 0.2) is 53.6 Å². The largest absolute Gasteiger partial charge is 0.257 e. The maximum absolute atomic E-state index is 11.7. The van der Waals surface area contributed by atoms with E-state index in [0.717, 1.165) is 24.1 Å². The summed E-state index contributed by atoms with van der Waals surface area (Å²) >= 11 is 0. The molecule has 0 N–H and O–H groups in total. The number of aromatic nitrogens is 1. The van der Waals surface area contributed by atoms with Gasteiger partial charge in [-0.2, -0.15) is 0 Å². The molecule has 25 heavy (non-hydrogen) atoms. The molecule has 0 radical (unpaired) electrons. The summed E-state index contributed by atoms with van der Waals surface area (Å²) in [6.07, 6.45) is 10.5. The highest BCUT2D eigenvalue weighted by Gasteiger charge is 2.41. The van der Waals surface area contributed by atoms with Gasteiger partial charge in [-0.15, -0.1) is 0 Å². The Balaban J connectivity index is 1.77. The van der Waals surface area contributed by atoms with Gasteiger partial charge in [0.05, 0.1) is 10.6 Å². The molecule has 0 bridgehead atoms. The first-order valence-electron chi connectivity index (χ1n) is 8.91. The minimum atomic E-state index is -3.16. The van der Waals surface area contributed by atoms with E-state index in [1.165, 1.54) is 43.1 Å². The van der Waals surface area contributed by atoms with Crippen molar-refractivity contribution in [2.75, 3.05) is 6.26 Å². The number of hydrogen-bond acceptors (Lipinski definition) is 3. The van der Waals surface area contributed by atoms with Gasteiger partial charge in [-0.1, -0.05) is 31.0 Å². The van der Waals surface area contributed by atoms with Gasteiger partial charge in [0.2, 0.25) is 0 Å². The van der Waals surface area contributed by atoms with Gasteiger partial charge < -0.3 is 0 Å². The minimum absolute atomic E-state index is 0.379. The highest BCUT2D eigenvalue weighted by Crippen LogP contribution is 2.57. The van der Waals surface area contributed by atoms with Gasteiger partial charge in [0.1, 0.15) is 0 Å². The van der Waals surface area contributed by atoms with Crippen molar-refractivity contribution in [3.8, 4) is 0 Å². The molecular weight excluding hydrogens is 330 g/mol. The van der Waals surface area contributed by atoms with Crippen molar-refractivity contribution in [1.29, 1.82) is 0 Å². The number of allylic oxidation sites excluding steroid dienone is 2. The molecule has 1 aromatic heterocycles. The quantitative estimate of drug-likeness (QED) is 0.800. The third-order valence-corrected chi connectivity index (χ3v) is 6.87. The lowest BCUT2D eigenvalue weighted by atomic mass is 9.81. The van der Waals surface area contributed by atoms with Crippen LogP contribution in [-0.2, 0) is 9.84 Å². The van der Waals surface area contributed by atoms with Crippen LogP contribution in [0.3, 0.4) is 0 Å². The van der Waals surface area contributed by atoms with E-state index in [-0.39, 0.29) is 0 Å². The number of pyridine rings is 1. The SMILES string of the molecule is CS(=O)(=O)c1ccc(C2=C(c3ccccn3)CC3(CCCC3)C2)cc1. The van der Waals surface area contributed by atoms with Gasteiger partial charge in [-0.3, -0.25) is 4.98 Å². The molecule has 2 aliphatic rings. The van der Waals surface area contributed by atoms with Crippen LogP contribution in [0.5, 0.6) is 0 Å². The Bertz CT molecular complexity index is 906. The van der Waals surface area contributed by atoms with Gasteiger partial charge in [0.25, 0.3) is 0 Å². The molecule has 0 unspecified atom stereocenters. The minimum Gasteiger partial charge on any atom is -0.257 e. The molecule has 0 atom stereocenters. The van der Waals surface area contributed by atoms with Crippen LogP contribution in [0, 0.1) is 5.41 Å².